The molecule has 0 spiro atoms. The number of nitrogens with zero attached hydrogens (tertiary/aromatic N) is 2. The van der Waals surface area contributed by atoms with Gasteiger partial charge in [-0.15, -0.1) is 11.6 Å². The molecule has 6 heteroatoms. The Morgan fingerprint density at radius 3 is 2.69 bits per heavy atom. The highest BCUT2D eigenvalue weighted by atomic mass is 35.5. The molecule has 86 valence electrons. The molecule has 0 bridgehead atoms. The monoisotopic (exact) mass is 248 g/mol. The molecule has 0 aliphatic heterocycles. The maximum Gasteiger partial charge on any atom is 0.275 e. The van der Waals surface area contributed by atoms with Crippen LogP contribution in [0.4, 0.5) is 13.2 Å². The lowest BCUT2D eigenvalue weighted by Gasteiger charge is -2.08. The number of halogens is 4. The molecule has 0 saturated heterocycles. The molecule has 0 fully saturated rings. The lowest BCUT2D eigenvalue weighted by molar-refractivity contribution is 0.0464. The second-order valence-corrected chi connectivity index (χ2v) is 3.51. The summed E-state index contributed by atoms with van der Waals surface area (Å²) in [7, 11) is 0. The van der Waals surface area contributed by atoms with Crippen LogP contribution in [0.3, 0.4) is 0 Å². The van der Waals surface area contributed by atoms with Crippen LogP contribution in [0.5, 0.6) is 0 Å². The van der Waals surface area contributed by atoms with E-state index >= 15 is 0 Å². The first-order chi connectivity index (χ1) is 7.65. The van der Waals surface area contributed by atoms with Crippen molar-refractivity contribution in [1.29, 1.82) is 0 Å². The molecule has 1 unspecified atom stereocenters. The molecule has 1 atom stereocenters. The van der Waals surface area contributed by atoms with E-state index < -0.39 is 12.6 Å². The van der Waals surface area contributed by atoms with Crippen molar-refractivity contribution in [3.05, 3.63) is 35.8 Å². The third-order valence-corrected chi connectivity index (χ3v) is 2.51. The molecular formula is C10H8ClF3N2. The Bertz CT molecular complexity index is 498. The van der Waals surface area contributed by atoms with E-state index in [0.29, 0.717) is 5.65 Å². The van der Waals surface area contributed by atoms with Crippen LogP contribution in [0.25, 0.3) is 5.65 Å². The number of pyridine rings is 1. The van der Waals surface area contributed by atoms with Crippen LogP contribution in [0.2, 0.25) is 0 Å². The Labute approximate surface area is 94.7 Å². The summed E-state index contributed by atoms with van der Waals surface area (Å²) in [6.07, 6.45) is -3.96. The van der Waals surface area contributed by atoms with Crippen LogP contribution < -0.4 is 0 Å². The Morgan fingerprint density at radius 2 is 2.06 bits per heavy atom. The van der Waals surface area contributed by atoms with E-state index in [1.807, 2.05) is 0 Å². The van der Waals surface area contributed by atoms with Gasteiger partial charge in [0.1, 0.15) is 5.65 Å². The zero-order valence-corrected chi connectivity index (χ0v) is 8.83. The molecule has 0 aliphatic carbocycles. The van der Waals surface area contributed by atoms with Gasteiger partial charge >= 0.3 is 0 Å². The highest BCUT2D eigenvalue weighted by Crippen LogP contribution is 2.29. The largest absolute Gasteiger partial charge is 0.301 e. The summed E-state index contributed by atoms with van der Waals surface area (Å²) in [6, 6.07) is 4.92. The molecule has 0 N–H and O–H groups in total. The van der Waals surface area contributed by atoms with Crippen LogP contribution in [-0.2, 0) is 5.88 Å². The summed E-state index contributed by atoms with van der Waals surface area (Å²) in [5.41, 5.74) is 0.401. The molecular weight excluding hydrogens is 241 g/mol. The van der Waals surface area contributed by atoms with Gasteiger partial charge in [-0.05, 0) is 12.1 Å². The fraction of sp³-hybridized carbons (Fsp3) is 0.300. The fourth-order valence-corrected chi connectivity index (χ4v) is 1.77. The van der Waals surface area contributed by atoms with Crippen molar-refractivity contribution < 1.29 is 13.2 Å². The lowest BCUT2D eigenvalue weighted by Crippen LogP contribution is -2.08. The predicted octanol–water partition coefficient (Wildman–Crippen LogP) is 3.35. The Kier molecular flexibility index (Phi) is 3.05. The summed E-state index contributed by atoms with van der Waals surface area (Å²) in [5, 5.41) is 0. The first kappa shape index (κ1) is 11.3. The van der Waals surface area contributed by atoms with E-state index in [1.165, 1.54) is 10.6 Å². The summed E-state index contributed by atoms with van der Waals surface area (Å²) in [5.74, 6) is -0.0931. The van der Waals surface area contributed by atoms with Crippen LogP contribution in [0.1, 0.15) is 17.6 Å². The van der Waals surface area contributed by atoms with Crippen molar-refractivity contribution >= 4 is 17.2 Å². The number of imidazole rings is 1. The zero-order valence-electron chi connectivity index (χ0n) is 8.08. The zero-order chi connectivity index (χ0) is 11.7. The maximum atomic E-state index is 13.4. The van der Waals surface area contributed by atoms with Crippen LogP contribution in [0, 0.1) is 0 Å². The average molecular weight is 249 g/mol. The number of rotatable bonds is 3. The average Bonchev–Trinajstić information content (AvgIpc) is 2.66. The van der Waals surface area contributed by atoms with Gasteiger partial charge in [0.05, 0.1) is 17.3 Å². The van der Waals surface area contributed by atoms with Crippen molar-refractivity contribution in [2.45, 2.75) is 18.5 Å². The second-order valence-electron chi connectivity index (χ2n) is 3.24. The first-order valence-corrected chi connectivity index (χ1v) is 5.12. The second kappa shape index (κ2) is 4.33. The highest BCUT2D eigenvalue weighted by Gasteiger charge is 2.28. The molecule has 0 saturated carbocycles. The van der Waals surface area contributed by atoms with Gasteiger partial charge in [0.25, 0.3) is 6.43 Å². The van der Waals surface area contributed by atoms with Gasteiger partial charge in [-0.2, -0.15) is 0 Å². The van der Waals surface area contributed by atoms with Crippen molar-refractivity contribution in [3.63, 3.8) is 0 Å². The highest BCUT2D eigenvalue weighted by molar-refractivity contribution is 6.17. The van der Waals surface area contributed by atoms with Crippen molar-refractivity contribution in [2.75, 3.05) is 0 Å². The molecule has 0 aliphatic rings. The number of hydrogen-bond acceptors (Lipinski definition) is 1. The SMILES string of the molecule is FC(F)C(F)c1c(CCl)nc2ccccn12. The van der Waals surface area contributed by atoms with Crippen molar-refractivity contribution in [3.8, 4) is 0 Å². The molecule has 2 heterocycles. The third kappa shape index (κ3) is 1.75. The van der Waals surface area contributed by atoms with Crippen molar-refractivity contribution in [2.24, 2.45) is 0 Å². The molecule has 0 radical (unpaired) electrons. The molecule has 0 amide bonds. The fourth-order valence-electron chi connectivity index (χ4n) is 1.57. The van der Waals surface area contributed by atoms with E-state index in [0.717, 1.165) is 0 Å². The molecule has 2 nitrogen and oxygen atoms in total. The number of alkyl halides is 4. The lowest BCUT2D eigenvalue weighted by atomic mass is 10.2. The topological polar surface area (TPSA) is 17.3 Å². The molecule has 2 aromatic heterocycles. The quantitative estimate of drug-likeness (QED) is 0.762. The Morgan fingerprint density at radius 1 is 1.31 bits per heavy atom. The van der Waals surface area contributed by atoms with E-state index in [1.54, 1.807) is 18.2 Å². The first-order valence-electron chi connectivity index (χ1n) is 4.59. The van der Waals surface area contributed by atoms with E-state index in [9.17, 15) is 13.2 Å². The van der Waals surface area contributed by atoms with Gasteiger partial charge in [-0.1, -0.05) is 6.07 Å². The molecule has 16 heavy (non-hydrogen) atoms. The van der Waals surface area contributed by atoms with Crippen LogP contribution in [-0.4, -0.2) is 15.8 Å². The van der Waals surface area contributed by atoms with Crippen LogP contribution in [0.15, 0.2) is 24.4 Å². The summed E-state index contributed by atoms with van der Waals surface area (Å²) < 4.78 is 39.5. The Hall–Kier alpha value is -1.23. The normalized spacial score (nSPS) is 13.6. The van der Waals surface area contributed by atoms with Gasteiger partial charge in [-0.25, -0.2) is 18.2 Å². The van der Waals surface area contributed by atoms with Gasteiger partial charge < -0.3 is 4.40 Å². The van der Waals surface area contributed by atoms with Gasteiger partial charge in [0.2, 0.25) is 6.17 Å². The standard InChI is InChI=1S/C10H8ClF3N2/c11-5-6-9(8(12)10(13)14)16-4-2-1-3-7(16)15-6/h1-4,8,10H,5H2. The van der Waals surface area contributed by atoms with E-state index in [4.69, 9.17) is 11.6 Å². The molecule has 0 aromatic carbocycles. The predicted molar refractivity (Wildman–Crippen MR) is 54.6 cm³/mol. The summed E-state index contributed by atoms with van der Waals surface area (Å²) >= 11 is 5.56. The smallest absolute Gasteiger partial charge is 0.275 e. The van der Waals surface area contributed by atoms with E-state index in [-0.39, 0.29) is 17.3 Å². The summed E-state index contributed by atoms with van der Waals surface area (Å²) in [6.45, 7) is 0. The maximum absolute atomic E-state index is 13.4. The van der Waals surface area contributed by atoms with Gasteiger partial charge in [0, 0.05) is 6.20 Å². The van der Waals surface area contributed by atoms with Gasteiger partial charge in [-0.3, -0.25) is 0 Å². The minimum absolute atomic E-state index is 0.0931. The number of aromatic nitrogens is 2. The summed E-state index contributed by atoms with van der Waals surface area (Å²) in [4.78, 5) is 3.99. The third-order valence-electron chi connectivity index (χ3n) is 2.25. The van der Waals surface area contributed by atoms with Crippen LogP contribution >= 0.6 is 11.6 Å². The number of fused-ring (bicyclic) bond motifs is 1. The molecule has 2 rings (SSSR count). The number of hydrogen-bond donors (Lipinski definition) is 0. The minimum Gasteiger partial charge on any atom is -0.301 e. The van der Waals surface area contributed by atoms with Crippen molar-refractivity contribution in [1.82, 2.24) is 9.38 Å². The minimum atomic E-state index is -3.08. The van der Waals surface area contributed by atoms with Gasteiger partial charge in [0.15, 0.2) is 0 Å². The Balaban J connectivity index is 2.64. The molecule has 2 aromatic rings. The van der Waals surface area contributed by atoms with E-state index in [2.05, 4.69) is 4.98 Å².